The van der Waals surface area contributed by atoms with E-state index >= 15 is 0 Å². The molecule has 1 aromatic heterocycles. The maximum atomic E-state index is 6.05. The summed E-state index contributed by atoms with van der Waals surface area (Å²) >= 11 is 8.21. The van der Waals surface area contributed by atoms with Gasteiger partial charge >= 0.3 is 0 Å². The lowest BCUT2D eigenvalue weighted by Crippen LogP contribution is -2.38. The van der Waals surface area contributed by atoms with Crippen LogP contribution in [-0.2, 0) is 10.3 Å². The van der Waals surface area contributed by atoms with Crippen LogP contribution in [0.2, 0.25) is 5.15 Å². The van der Waals surface area contributed by atoms with Crippen LogP contribution in [0.25, 0.3) is 0 Å². The second-order valence-corrected chi connectivity index (χ2v) is 5.23. The lowest BCUT2D eigenvalue weighted by atomic mass is 9.79. The highest BCUT2D eigenvalue weighted by Crippen LogP contribution is 2.43. The van der Waals surface area contributed by atoms with Gasteiger partial charge in [0.25, 0.3) is 0 Å². The smallest absolute Gasteiger partial charge is 0.162 e. The molecule has 1 fully saturated rings. The Morgan fingerprint density at radius 2 is 2.07 bits per heavy atom. The molecule has 1 aromatic rings. The molecule has 5 heteroatoms. The zero-order valence-electron chi connectivity index (χ0n) is 8.68. The summed E-state index contributed by atoms with van der Waals surface area (Å²) in [7, 11) is 1.71. The predicted molar refractivity (Wildman–Crippen MR) is 67.0 cm³/mol. The van der Waals surface area contributed by atoms with Gasteiger partial charge in [0.05, 0.1) is 9.26 Å². The fourth-order valence-electron chi connectivity index (χ4n) is 1.74. The number of nitrogens with zero attached hydrogens (tertiary/aromatic N) is 2. The highest BCUT2D eigenvalue weighted by Gasteiger charge is 2.42. The molecule has 1 aliphatic rings. The van der Waals surface area contributed by atoms with E-state index in [2.05, 4.69) is 32.6 Å². The van der Waals surface area contributed by atoms with Crippen LogP contribution in [0, 0.1) is 10.5 Å². The van der Waals surface area contributed by atoms with E-state index in [4.69, 9.17) is 16.3 Å². The van der Waals surface area contributed by atoms with Crippen molar-refractivity contribution >= 4 is 34.2 Å². The van der Waals surface area contributed by atoms with Crippen molar-refractivity contribution in [2.75, 3.05) is 7.11 Å². The largest absolute Gasteiger partial charge is 0.370 e. The second kappa shape index (κ2) is 4.14. The van der Waals surface area contributed by atoms with E-state index in [-0.39, 0.29) is 5.60 Å². The summed E-state index contributed by atoms with van der Waals surface area (Å²) in [5.74, 6) is 0.735. The van der Waals surface area contributed by atoms with Crippen molar-refractivity contribution in [3.05, 3.63) is 20.2 Å². The van der Waals surface area contributed by atoms with Crippen LogP contribution < -0.4 is 0 Å². The lowest BCUT2D eigenvalue weighted by Gasteiger charge is -2.38. The number of halogens is 2. The standard InChI is InChI=1S/C10H12ClIN2O/c1-6-7(12)8(11)14-9(13-6)10(15-2)4-3-5-10/h3-5H2,1-2H3. The van der Waals surface area contributed by atoms with E-state index in [1.54, 1.807) is 7.11 Å². The number of hydrogen-bond donors (Lipinski definition) is 0. The van der Waals surface area contributed by atoms with Crippen LogP contribution >= 0.6 is 34.2 Å². The highest BCUT2D eigenvalue weighted by atomic mass is 127. The molecule has 0 spiro atoms. The topological polar surface area (TPSA) is 35.0 Å². The van der Waals surface area contributed by atoms with Gasteiger partial charge in [0, 0.05) is 7.11 Å². The number of aryl methyl sites for hydroxylation is 1. The Morgan fingerprint density at radius 1 is 1.40 bits per heavy atom. The third-order valence-corrected chi connectivity index (χ3v) is 4.82. The molecule has 0 amide bonds. The Hall–Kier alpha value is 0.0600. The van der Waals surface area contributed by atoms with Gasteiger partial charge in [-0.05, 0) is 48.8 Å². The minimum atomic E-state index is -0.279. The Morgan fingerprint density at radius 3 is 2.47 bits per heavy atom. The van der Waals surface area contributed by atoms with Crippen LogP contribution in [-0.4, -0.2) is 17.1 Å². The number of methoxy groups -OCH3 is 1. The first kappa shape index (κ1) is 11.5. The normalized spacial score (nSPS) is 18.7. The molecule has 15 heavy (non-hydrogen) atoms. The molecular formula is C10H12ClIN2O. The quantitative estimate of drug-likeness (QED) is 0.614. The third kappa shape index (κ3) is 1.87. The van der Waals surface area contributed by atoms with Crippen molar-refractivity contribution < 1.29 is 4.74 Å². The van der Waals surface area contributed by atoms with Gasteiger partial charge in [-0.1, -0.05) is 11.6 Å². The van der Waals surface area contributed by atoms with Crippen molar-refractivity contribution in [3.8, 4) is 0 Å². The van der Waals surface area contributed by atoms with Gasteiger partial charge in [-0.15, -0.1) is 0 Å². The average molecular weight is 339 g/mol. The van der Waals surface area contributed by atoms with Crippen LogP contribution in [0.5, 0.6) is 0 Å². The molecule has 3 nitrogen and oxygen atoms in total. The van der Waals surface area contributed by atoms with Gasteiger partial charge in [0.1, 0.15) is 10.8 Å². The molecule has 0 saturated heterocycles. The first-order valence-corrected chi connectivity index (χ1v) is 6.30. The molecule has 0 unspecified atom stereocenters. The van der Waals surface area contributed by atoms with Gasteiger partial charge in [-0.25, -0.2) is 9.97 Å². The fraction of sp³-hybridized carbons (Fsp3) is 0.600. The van der Waals surface area contributed by atoms with Crippen LogP contribution in [0.3, 0.4) is 0 Å². The Bertz CT molecular complexity index is 364. The predicted octanol–water partition coefficient (Wildman–Crippen LogP) is 3.07. The number of rotatable bonds is 2. The van der Waals surface area contributed by atoms with Crippen molar-refractivity contribution in [1.82, 2.24) is 9.97 Å². The summed E-state index contributed by atoms with van der Waals surface area (Å²) in [6, 6.07) is 0. The summed E-state index contributed by atoms with van der Waals surface area (Å²) in [5, 5.41) is 0.529. The molecule has 0 aliphatic heterocycles. The van der Waals surface area contributed by atoms with Gasteiger partial charge in [0.15, 0.2) is 5.82 Å². The van der Waals surface area contributed by atoms with Gasteiger partial charge < -0.3 is 4.74 Å². The summed E-state index contributed by atoms with van der Waals surface area (Å²) in [6.45, 7) is 1.95. The van der Waals surface area contributed by atoms with Gasteiger partial charge in [0.2, 0.25) is 0 Å². The molecule has 0 N–H and O–H groups in total. The monoisotopic (exact) mass is 338 g/mol. The number of aromatic nitrogens is 2. The van der Waals surface area contributed by atoms with E-state index in [0.717, 1.165) is 27.9 Å². The minimum absolute atomic E-state index is 0.279. The van der Waals surface area contributed by atoms with Crippen LogP contribution in [0.4, 0.5) is 0 Å². The summed E-state index contributed by atoms with van der Waals surface area (Å²) in [5.41, 5.74) is 0.646. The molecule has 1 heterocycles. The second-order valence-electron chi connectivity index (χ2n) is 3.79. The van der Waals surface area contributed by atoms with E-state index in [1.807, 2.05) is 6.92 Å². The lowest BCUT2D eigenvalue weighted by molar-refractivity contribution is -0.0847. The Balaban J connectivity index is 2.45. The van der Waals surface area contributed by atoms with Crippen LogP contribution in [0.1, 0.15) is 30.8 Å². The average Bonchev–Trinajstić information content (AvgIpc) is 2.13. The first-order valence-electron chi connectivity index (χ1n) is 4.84. The number of hydrogen-bond acceptors (Lipinski definition) is 3. The van der Waals surface area contributed by atoms with Crippen molar-refractivity contribution in [3.63, 3.8) is 0 Å². The van der Waals surface area contributed by atoms with E-state index in [1.165, 1.54) is 6.42 Å². The third-order valence-electron chi connectivity index (χ3n) is 2.94. The molecule has 0 radical (unpaired) electrons. The van der Waals surface area contributed by atoms with Crippen LogP contribution in [0.15, 0.2) is 0 Å². The Kier molecular flexibility index (Phi) is 3.19. The fourth-order valence-corrected chi connectivity index (χ4v) is 2.20. The highest BCUT2D eigenvalue weighted by molar-refractivity contribution is 14.1. The molecule has 82 valence electrons. The van der Waals surface area contributed by atoms with E-state index < -0.39 is 0 Å². The summed E-state index contributed by atoms with van der Waals surface area (Å²) in [4.78, 5) is 8.79. The Labute approximate surface area is 108 Å². The molecular weight excluding hydrogens is 326 g/mol. The molecule has 0 aromatic carbocycles. The van der Waals surface area contributed by atoms with E-state index in [0.29, 0.717) is 5.15 Å². The molecule has 1 saturated carbocycles. The molecule has 0 atom stereocenters. The number of ether oxygens (including phenoxy) is 1. The molecule has 1 aliphatic carbocycles. The maximum absolute atomic E-state index is 6.05. The van der Waals surface area contributed by atoms with E-state index in [9.17, 15) is 0 Å². The molecule has 0 bridgehead atoms. The minimum Gasteiger partial charge on any atom is -0.370 e. The zero-order chi connectivity index (χ0) is 11.1. The van der Waals surface area contributed by atoms with Crippen molar-refractivity contribution in [2.24, 2.45) is 0 Å². The van der Waals surface area contributed by atoms with Crippen molar-refractivity contribution in [2.45, 2.75) is 31.8 Å². The van der Waals surface area contributed by atoms with Crippen molar-refractivity contribution in [1.29, 1.82) is 0 Å². The van der Waals surface area contributed by atoms with Gasteiger partial charge in [-0.2, -0.15) is 0 Å². The summed E-state index contributed by atoms with van der Waals surface area (Å²) < 4.78 is 6.44. The molecule has 2 rings (SSSR count). The zero-order valence-corrected chi connectivity index (χ0v) is 11.6. The van der Waals surface area contributed by atoms with Gasteiger partial charge in [-0.3, -0.25) is 0 Å². The first-order chi connectivity index (χ1) is 7.09. The summed E-state index contributed by atoms with van der Waals surface area (Å²) in [6.07, 6.45) is 3.14. The maximum Gasteiger partial charge on any atom is 0.162 e. The SMILES string of the molecule is COC1(c2nc(C)c(I)c(Cl)n2)CCC1.